The molecule has 0 atom stereocenters. The SMILES string of the molecule is O=C(CNc1cccc(C(=O)NCc2ccccc2)c1)Nc1ccc(C(=O)N2CCCC2)cc1. The van der Waals surface area contributed by atoms with Crippen molar-refractivity contribution in [1.82, 2.24) is 10.2 Å². The van der Waals surface area contributed by atoms with Crippen LogP contribution in [-0.2, 0) is 11.3 Å². The van der Waals surface area contributed by atoms with Crippen LogP contribution >= 0.6 is 0 Å². The van der Waals surface area contributed by atoms with E-state index >= 15 is 0 Å². The van der Waals surface area contributed by atoms with Crippen molar-refractivity contribution in [3.63, 3.8) is 0 Å². The molecule has 0 saturated carbocycles. The van der Waals surface area contributed by atoms with E-state index in [9.17, 15) is 14.4 Å². The highest BCUT2D eigenvalue weighted by Crippen LogP contribution is 2.16. The maximum atomic E-state index is 12.5. The molecule has 174 valence electrons. The Kier molecular flexibility index (Phi) is 7.55. The molecule has 7 nitrogen and oxygen atoms in total. The van der Waals surface area contributed by atoms with Crippen molar-refractivity contribution in [3.05, 3.63) is 95.6 Å². The van der Waals surface area contributed by atoms with E-state index in [2.05, 4.69) is 16.0 Å². The smallest absolute Gasteiger partial charge is 0.253 e. The fourth-order valence-corrected chi connectivity index (χ4v) is 3.84. The zero-order chi connectivity index (χ0) is 23.8. The molecule has 0 radical (unpaired) electrons. The van der Waals surface area contributed by atoms with Gasteiger partial charge in [-0.05, 0) is 60.9 Å². The van der Waals surface area contributed by atoms with Crippen molar-refractivity contribution in [2.75, 3.05) is 30.3 Å². The number of benzene rings is 3. The van der Waals surface area contributed by atoms with Gasteiger partial charge in [-0.3, -0.25) is 14.4 Å². The van der Waals surface area contributed by atoms with Crippen molar-refractivity contribution >= 4 is 29.1 Å². The second-order valence-corrected chi connectivity index (χ2v) is 8.23. The Bertz CT molecular complexity index is 1140. The minimum Gasteiger partial charge on any atom is -0.376 e. The van der Waals surface area contributed by atoms with Gasteiger partial charge in [0.15, 0.2) is 0 Å². The molecular weight excluding hydrogens is 428 g/mol. The molecule has 3 amide bonds. The van der Waals surface area contributed by atoms with Crippen molar-refractivity contribution in [2.45, 2.75) is 19.4 Å². The van der Waals surface area contributed by atoms with Gasteiger partial charge < -0.3 is 20.9 Å². The van der Waals surface area contributed by atoms with Gasteiger partial charge in [-0.1, -0.05) is 36.4 Å². The first-order valence-electron chi connectivity index (χ1n) is 11.4. The maximum absolute atomic E-state index is 12.5. The fraction of sp³-hybridized carbons (Fsp3) is 0.222. The Hall–Kier alpha value is -4.13. The second-order valence-electron chi connectivity index (χ2n) is 8.23. The van der Waals surface area contributed by atoms with E-state index in [0.717, 1.165) is 31.5 Å². The van der Waals surface area contributed by atoms with Crippen molar-refractivity contribution in [2.24, 2.45) is 0 Å². The van der Waals surface area contributed by atoms with E-state index in [0.29, 0.717) is 29.0 Å². The number of rotatable bonds is 8. The van der Waals surface area contributed by atoms with Crippen molar-refractivity contribution < 1.29 is 14.4 Å². The summed E-state index contributed by atoms with van der Waals surface area (Å²) in [4.78, 5) is 39.1. The molecule has 0 unspecified atom stereocenters. The Morgan fingerprint density at radius 1 is 0.765 bits per heavy atom. The number of nitrogens with zero attached hydrogens (tertiary/aromatic N) is 1. The third-order valence-electron chi connectivity index (χ3n) is 5.68. The van der Waals surface area contributed by atoms with Gasteiger partial charge in [0, 0.05) is 42.1 Å². The van der Waals surface area contributed by atoms with Gasteiger partial charge in [-0.2, -0.15) is 0 Å². The third kappa shape index (κ3) is 6.22. The number of nitrogens with one attached hydrogen (secondary N) is 3. The number of carbonyl (C=O) groups excluding carboxylic acids is 3. The van der Waals surface area contributed by atoms with Gasteiger partial charge in [0.25, 0.3) is 11.8 Å². The third-order valence-corrected chi connectivity index (χ3v) is 5.68. The van der Waals surface area contributed by atoms with Crippen LogP contribution < -0.4 is 16.0 Å². The van der Waals surface area contributed by atoms with Crippen LogP contribution in [0.3, 0.4) is 0 Å². The zero-order valence-electron chi connectivity index (χ0n) is 18.9. The van der Waals surface area contributed by atoms with Gasteiger partial charge in [0.05, 0.1) is 6.54 Å². The van der Waals surface area contributed by atoms with Crippen molar-refractivity contribution in [3.8, 4) is 0 Å². The molecule has 1 heterocycles. The van der Waals surface area contributed by atoms with Crippen LogP contribution in [-0.4, -0.2) is 42.3 Å². The fourth-order valence-electron chi connectivity index (χ4n) is 3.84. The van der Waals surface area contributed by atoms with Gasteiger partial charge in [0.2, 0.25) is 5.91 Å². The highest BCUT2D eigenvalue weighted by atomic mass is 16.2. The maximum Gasteiger partial charge on any atom is 0.253 e. The normalized spacial score (nSPS) is 12.8. The highest BCUT2D eigenvalue weighted by Gasteiger charge is 2.19. The van der Waals surface area contributed by atoms with E-state index in [1.165, 1.54) is 0 Å². The van der Waals surface area contributed by atoms with Crippen LogP contribution in [0.25, 0.3) is 0 Å². The van der Waals surface area contributed by atoms with Gasteiger partial charge >= 0.3 is 0 Å². The van der Waals surface area contributed by atoms with Gasteiger partial charge in [-0.15, -0.1) is 0 Å². The monoisotopic (exact) mass is 456 g/mol. The molecule has 7 heteroatoms. The summed E-state index contributed by atoms with van der Waals surface area (Å²) < 4.78 is 0. The molecule has 0 aromatic heterocycles. The standard InChI is InChI=1S/C27H28N4O3/c32-25(30-23-13-11-21(12-14-23)27(34)31-15-4-5-16-31)19-28-24-10-6-9-22(17-24)26(33)29-18-20-7-2-1-3-8-20/h1-3,6-14,17,28H,4-5,15-16,18-19H2,(H,29,33)(H,30,32). The van der Waals surface area contributed by atoms with E-state index in [-0.39, 0.29) is 24.3 Å². The molecule has 1 saturated heterocycles. The molecule has 1 aliphatic heterocycles. The molecule has 0 spiro atoms. The summed E-state index contributed by atoms with van der Waals surface area (Å²) in [5, 5.41) is 8.76. The quantitative estimate of drug-likeness (QED) is 0.480. The molecule has 3 aromatic carbocycles. The highest BCUT2D eigenvalue weighted by molar-refractivity contribution is 5.97. The largest absolute Gasteiger partial charge is 0.376 e. The Morgan fingerprint density at radius 3 is 2.24 bits per heavy atom. The van der Waals surface area contributed by atoms with Crippen LogP contribution in [0.2, 0.25) is 0 Å². The molecule has 34 heavy (non-hydrogen) atoms. The van der Waals surface area contributed by atoms with E-state index < -0.39 is 0 Å². The summed E-state index contributed by atoms with van der Waals surface area (Å²) in [5.74, 6) is -0.372. The molecule has 4 rings (SSSR count). The first kappa shape index (κ1) is 23.0. The predicted molar refractivity (Wildman–Crippen MR) is 133 cm³/mol. The van der Waals surface area contributed by atoms with Gasteiger partial charge in [0.1, 0.15) is 0 Å². The summed E-state index contributed by atoms with van der Waals surface area (Å²) in [6.45, 7) is 2.10. The minimum atomic E-state index is -0.224. The first-order valence-corrected chi connectivity index (χ1v) is 11.4. The zero-order valence-corrected chi connectivity index (χ0v) is 18.9. The summed E-state index contributed by atoms with van der Waals surface area (Å²) in [7, 11) is 0. The molecule has 0 aliphatic carbocycles. The van der Waals surface area contributed by atoms with Crippen LogP contribution in [0.1, 0.15) is 39.1 Å². The second kappa shape index (κ2) is 11.1. The summed E-state index contributed by atoms with van der Waals surface area (Å²) in [6, 6.07) is 23.7. The van der Waals surface area contributed by atoms with Gasteiger partial charge in [-0.25, -0.2) is 0 Å². The lowest BCUT2D eigenvalue weighted by Crippen LogP contribution is -2.27. The first-order chi connectivity index (χ1) is 16.6. The average molecular weight is 457 g/mol. The minimum absolute atomic E-state index is 0.0322. The topological polar surface area (TPSA) is 90.5 Å². The predicted octanol–water partition coefficient (Wildman–Crippen LogP) is 3.90. The van der Waals surface area contributed by atoms with E-state index in [4.69, 9.17) is 0 Å². The average Bonchev–Trinajstić information content (AvgIpc) is 3.42. The number of hydrogen-bond donors (Lipinski definition) is 3. The lowest BCUT2D eigenvalue weighted by Gasteiger charge is -2.15. The number of hydrogen-bond acceptors (Lipinski definition) is 4. The lowest BCUT2D eigenvalue weighted by atomic mass is 10.1. The number of likely N-dealkylation sites (tertiary alicyclic amines) is 1. The molecule has 1 fully saturated rings. The summed E-state index contributed by atoms with van der Waals surface area (Å²) in [5.41, 5.74) is 3.46. The van der Waals surface area contributed by atoms with Crippen LogP contribution in [0.5, 0.6) is 0 Å². The summed E-state index contributed by atoms with van der Waals surface area (Å²) in [6.07, 6.45) is 2.10. The number of carbonyl (C=O) groups is 3. The molecule has 0 bridgehead atoms. The number of amides is 3. The Balaban J connectivity index is 1.26. The lowest BCUT2D eigenvalue weighted by molar-refractivity contribution is -0.114. The van der Waals surface area contributed by atoms with Crippen LogP contribution in [0.15, 0.2) is 78.9 Å². The Labute approximate surface area is 199 Å². The van der Waals surface area contributed by atoms with E-state index in [1.54, 1.807) is 48.5 Å². The van der Waals surface area contributed by atoms with Crippen molar-refractivity contribution in [1.29, 1.82) is 0 Å². The number of anilines is 2. The van der Waals surface area contributed by atoms with E-state index in [1.807, 2.05) is 35.2 Å². The van der Waals surface area contributed by atoms with Crippen LogP contribution in [0, 0.1) is 0 Å². The molecule has 3 N–H and O–H groups in total. The molecule has 3 aromatic rings. The molecular formula is C27H28N4O3. The molecule has 1 aliphatic rings. The van der Waals surface area contributed by atoms with Crippen LogP contribution in [0.4, 0.5) is 11.4 Å². The Morgan fingerprint density at radius 2 is 1.50 bits per heavy atom. The summed E-state index contributed by atoms with van der Waals surface area (Å²) >= 11 is 0.